The van der Waals surface area contributed by atoms with E-state index in [0.717, 1.165) is 4.31 Å². The van der Waals surface area contributed by atoms with Gasteiger partial charge < -0.3 is 10.4 Å². The van der Waals surface area contributed by atoms with Gasteiger partial charge in [0.1, 0.15) is 4.90 Å². The summed E-state index contributed by atoms with van der Waals surface area (Å²) in [5, 5.41) is 11.5. The highest BCUT2D eigenvalue weighted by atomic mass is 32.2. The van der Waals surface area contributed by atoms with Crippen LogP contribution in [-0.2, 0) is 14.8 Å². The first kappa shape index (κ1) is 15.4. The molecule has 0 fully saturated rings. The zero-order chi connectivity index (χ0) is 14.5. The maximum absolute atomic E-state index is 12.2. The molecule has 0 unspecified atom stereocenters. The number of sulfonamides is 1. The van der Waals surface area contributed by atoms with Crippen LogP contribution in [-0.4, -0.2) is 48.9 Å². The molecule has 2 N–H and O–H groups in total. The average Bonchev–Trinajstić information content (AvgIpc) is 2.36. The molecule has 8 heteroatoms. The van der Waals surface area contributed by atoms with Crippen LogP contribution in [0.15, 0.2) is 23.4 Å². The Kier molecular flexibility index (Phi) is 5.25. The van der Waals surface area contributed by atoms with E-state index in [-0.39, 0.29) is 17.9 Å². The lowest BCUT2D eigenvalue weighted by Crippen LogP contribution is -2.29. The van der Waals surface area contributed by atoms with Gasteiger partial charge in [0.15, 0.2) is 0 Å². The summed E-state index contributed by atoms with van der Waals surface area (Å²) < 4.78 is 25.3. The molecular weight excluding hydrogens is 270 g/mol. The van der Waals surface area contributed by atoms with Crippen molar-refractivity contribution >= 4 is 21.7 Å². The number of carboxylic acids is 1. The molecule has 1 aromatic rings. The van der Waals surface area contributed by atoms with Crippen LogP contribution >= 0.6 is 0 Å². The fraction of sp³-hybridized carbons (Fsp3) is 0.455. The van der Waals surface area contributed by atoms with Gasteiger partial charge in [0.2, 0.25) is 10.0 Å². The monoisotopic (exact) mass is 287 g/mol. The lowest BCUT2D eigenvalue weighted by Gasteiger charge is -2.16. The fourth-order valence-electron chi connectivity index (χ4n) is 1.41. The van der Waals surface area contributed by atoms with Crippen molar-refractivity contribution in [2.45, 2.75) is 18.2 Å². The Morgan fingerprint density at radius 3 is 2.74 bits per heavy atom. The number of hydrogen-bond donors (Lipinski definition) is 2. The molecular formula is C11H17N3O4S. The summed E-state index contributed by atoms with van der Waals surface area (Å²) in [5.41, 5.74) is 0.607. The molecule has 0 bridgehead atoms. The second-order valence-corrected chi connectivity index (χ2v) is 5.95. The third kappa shape index (κ3) is 4.18. The number of rotatable bonds is 7. The number of nitrogens with zero attached hydrogens (tertiary/aromatic N) is 2. The second kappa shape index (κ2) is 6.48. The van der Waals surface area contributed by atoms with Crippen LogP contribution in [0, 0.1) is 0 Å². The van der Waals surface area contributed by atoms with Gasteiger partial charge in [-0.05, 0) is 13.0 Å². The van der Waals surface area contributed by atoms with Gasteiger partial charge in [-0.25, -0.2) is 12.7 Å². The van der Waals surface area contributed by atoms with Crippen molar-refractivity contribution in [3.05, 3.63) is 18.5 Å². The molecule has 19 heavy (non-hydrogen) atoms. The van der Waals surface area contributed by atoms with E-state index in [1.165, 1.54) is 25.5 Å². The van der Waals surface area contributed by atoms with Gasteiger partial charge >= 0.3 is 5.97 Å². The molecule has 0 aromatic carbocycles. The van der Waals surface area contributed by atoms with Gasteiger partial charge in [-0.3, -0.25) is 9.78 Å². The molecule has 7 nitrogen and oxygen atoms in total. The molecule has 106 valence electrons. The predicted octanol–water partition coefficient (Wildman–Crippen LogP) is 0.609. The lowest BCUT2D eigenvalue weighted by atomic mass is 10.4. The molecule has 0 spiro atoms. The molecule has 1 rings (SSSR count). The van der Waals surface area contributed by atoms with Gasteiger partial charge in [-0.15, -0.1) is 0 Å². The van der Waals surface area contributed by atoms with Gasteiger partial charge in [-0.1, -0.05) is 0 Å². The van der Waals surface area contributed by atoms with Crippen LogP contribution in [0.1, 0.15) is 13.3 Å². The number of anilines is 1. The second-order valence-electron chi connectivity index (χ2n) is 3.91. The Morgan fingerprint density at radius 2 is 2.16 bits per heavy atom. The molecule has 1 heterocycles. The van der Waals surface area contributed by atoms with E-state index in [9.17, 15) is 13.2 Å². The van der Waals surface area contributed by atoms with Crippen LogP contribution in [0.2, 0.25) is 0 Å². The zero-order valence-corrected chi connectivity index (χ0v) is 11.6. The Hall–Kier alpha value is -1.67. The Balaban J connectivity index is 2.92. The number of hydrogen-bond acceptors (Lipinski definition) is 5. The largest absolute Gasteiger partial charge is 0.481 e. The highest BCUT2D eigenvalue weighted by molar-refractivity contribution is 7.89. The van der Waals surface area contributed by atoms with E-state index < -0.39 is 16.0 Å². The Morgan fingerprint density at radius 1 is 1.47 bits per heavy atom. The van der Waals surface area contributed by atoms with Crippen molar-refractivity contribution in [1.29, 1.82) is 0 Å². The summed E-state index contributed by atoms with van der Waals surface area (Å²) >= 11 is 0. The summed E-state index contributed by atoms with van der Waals surface area (Å²) in [7, 11) is -2.36. The first-order valence-corrected chi connectivity index (χ1v) is 7.19. The van der Waals surface area contributed by atoms with Crippen LogP contribution in [0.3, 0.4) is 0 Å². The maximum atomic E-state index is 12.2. The van der Waals surface area contributed by atoms with Crippen molar-refractivity contribution < 1.29 is 18.3 Å². The van der Waals surface area contributed by atoms with Crippen LogP contribution in [0.4, 0.5) is 5.69 Å². The molecule has 0 radical (unpaired) electrons. The first-order chi connectivity index (χ1) is 8.87. The topological polar surface area (TPSA) is 99.6 Å². The smallest absolute Gasteiger partial charge is 0.304 e. The molecule has 0 atom stereocenters. The van der Waals surface area contributed by atoms with Crippen LogP contribution < -0.4 is 5.32 Å². The number of carboxylic acid groups (broad SMARTS) is 1. The molecule has 0 saturated carbocycles. The SMILES string of the molecule is CCNc1cncc(S(=O)(=O)N(C)CCC(=O)O)c1. The number of aliphatic carboxylic acids is 1. The van der Waals surface area contributed by atoms with E-state index in [4.69, 9.17) is 5.11 Å². The quantitative estimate of drug-likeness (QED) is 0.762. The van der Waals surface area contributed by atoms with E-state index in [1.807, 2.05) is 6.92 Å². The van der Waals surface area contributed by atoms with Gasteiger partial charge in [0.25, 0.3) is 0 Å². The minimum Gasteiger partial charge on any atom is -0.481 e. The summed E-state index contributed by atoms with van der Waals surface area (Å²) in [6, 6.07) is 1.48. The summed E-state index contributed by atoms with van der Waals surface area (Å²) in [4.78, 5) is 14.4. The minimum absolute atomic E-state index is 0.0406. The van der Waals surface area contributed by atoms with Crippen molar-refractivity contribution in [3.8, 4) is 0 Å². The van der Waals surface area contributed by atoms with Crippen LogP contribution in [0.5, 0.6) is 0 Å². The first-order valence-electron chi connectivity index (χ1n) is 5.75. The lowest BCUT2D eigenvalue weighted by molar-refractivity contribution is -0.137. The Labute approximate surface area is 112 Å². The summed E-state index contributed by atoms with van der Waals surface area (Å²) in [6.45, 7) is 2.46. The fourth-order valence-corrected chi connectivity index (χ4v) is 2.58. The number of pyridine rings is 1. The zero-order valence-electron chi connectivity index (χ0n) is 10.8. The average molecular weight is 287 g/mol. The maximum Gasteiger partial charge on any atom is 0.304 e. The molecule has 0 amide bonds. The van der Waals surface area contributed by atoms with E-state index >= 15 is 0 Å². The molecule has 0 aliphatic rings. The molecule has 0 aliphatic heterocycles. The molecule has 0 saturated heterocycles. The van der Waals surface area contributed by atoms with Crippen molar-refractivity contribution in [2.75, 3.05) is 25.5 Å². The third-order valence-corrected chi connectivity index (χ3v) is 4.26. The van der Waals surface area contributed by atoms with Crippen molar-refractivity contribution in [3.63, 3.8) is 0 Å². The highest BCUT2D eigenvalue weighted by Gasteiger charge is 2.21. The Bertz CT molecular complexity index is 545. The summed E-state index contributed by atoms with van der Waals surface area (Å²) in [6.07, 6.45) is 2.53. The van der Waals surface area contributed by atoms with Crippen LogP contribution in [0.25, 0.3) is 0 Å². The predicted molar refractivity (Wildman–Crippen MR) is 70.5 cm³/mol. The number of carbonyl (C=O) groups is 1. The minimum atomic E-state index is -3.71. The summed E-state index contributed by atoms with van der Waals surface area (Å²) in [5.74, 6) is -1.04. The third-order valence-electron chi connectivity index (χ3n) is 2.44. The standard InChI is InChI=1S/C11H17N3O4S/c1-3-13-9-6-10(8-12-7-9)19(17,18)14(2)5-4-11(15)16/h6-8,13H,3-5H2,1-2H3,(H,15,16). The normalized spacial score (nSPS) is 11.5. The molecule has 1 aromatic heterocycles. The van der Waals surface area contributed by atoms with Gasteiger partial charge in [0.05, 0.1) is 18.3 Å². The van der Waals surface area contributed by atoms with Gasteiger partial charge in [-0.2, -0.15) is 0 Å². The van der Waals surface area contributed by atoms with E-state index in [0.29, 0.717) is 12.2 Å². The number of aromatic nitrogens is 1. The van der Waals surface area contributed by atoms with E-state index in [2.05, 4.69) is 10.3 Å². The highest BCUT2D eigenvalue weighted by Crippen LogP contribution is 2.17. The van der Waals surface area contributed by atoms with Gasteiger partial charge in [0, 0.05) is 26.3 Å². The van der Waals surface area contributed by atoms with E-state index in [1.54, 1.807) is 0 Å². The molecule has 0 aliphatic carbocycles. The number of nitrogens with one attached hydrogen (secondary N) is 1. The van der Waals surface area contributed by atoms with Crippen molar-refractivity contribution in [1.82, 2.24) is 9.29 Å². The van der Waals surface area contributed by atoms with Crippen molar-refractivity contribution in [2.24, 2.45) is 0 Å².